The molecule has 15 heavy (non-hydrogen) atoms. The highest BCUT2D eigenvalue weighted by molar-refractivity contribution is 5.83. The average molecular weight is 211 g/mol. The van der Waals surface area contributed by atoms with Crippen LogP contribution in [0.5, 0.6) is 0 Å². The minimum Gasteiger partial charge on any atom is -0.336 e. The van der Waals surface area contributed by atoms with Gasteiger partial charge in [0, 0.05) is 25.2 Å². The fourth-order valence-corrected chi connectivity index (χ4v) is 2.44. The molecule has 1 aliphatic heterocycles. The second-order valence-corrected chi connectivity index (χ2v) is 4.85. The maximum Gasteiger partial charge on any atom is 0.241 e. The molecule has 86 valence electrons. The van der Waals surface area contributed by atoms with E-state index in [9.17, 15) is 4.79 Å². The van der Waals surface area contributed by atoms with Crippen LogP contribution < -0.4 is 5.73 Å². The van der Waals surface area contributed by atoms with E-state index in [1.165, 1.54) is 12.8 Å². The van der Waals surface area contributed by atoms with Crippen molar-refractivity contribution >= 4 is 5.91 Å². The predicted octanol–water partition coefficient (Wildman–Crippen LogP) is 0.0287. The molecule has 0 aromatic carbocycles. The van der Waals surface area contributed by atoms with Crippen LogP contribution in [0.4, 0.5) is 0 Å². The van der Waals surface area contributed by atoms with Gasteiger partial charge in [0.1, 0.15) is 6.04 Å². The second kappa shape index (κ2) is 4.10. The van der Waals surface area contributed by atoms with E-state index in [0.29, 0.717) is 18.6 Å². The molecule has 2 fully saturated rings. The number of hydrogen-bond donors (Lipinski definition) is 1. The minimum atomic E-state index is -0.101. The molecular formula is C11H21N3O. The summed E-state index contributed by atoms with van der Waals surface area (Å²) in [5, 5.41) is 0. The SMILES string of the molecule is CC1CCN(C)C(CN)C(=O)N1C1CC1. The first kappa shape index (κ1) is 10.9. The summed E-state index contributed by atoms with van der Waals surface area (Å²) in [4.78, 5) is 16.5. The molecule has 2 unspecified atom stereocenters. The summed E-state index contributed by atoms with van der Waals surface area (Å²) in [5.74, 6) is 0.243. The molecule has 0 bridgehead atoms. The van der Waals surface area contributed by atoms with Gasteiger partial charge in [-0.15, -0.1) is 0 Å². The quantitative estimate of drug-likeness (QED) is 0.701. The molecule has 2 N–H and O–H groups in total. The Bertz CT molecular complexity index is 252. The molecule has 1 aliphatic carbocycles. The predicted molar refractivity (Wildman–Crippen MR) is 59.4 cm³/mol. The lowest BCUT2D eigenvalue weighted by Crippen LogP contribution is -2.50. The molecule has 1 saturated carbocycles. The van der Waals surface area contributed by atoms with Crippen molar-refractivity contribution in [1.82, 2.24) is 9.80 Å². The van der Waals surface area contributed by atoms with Crippen molar-refractivity contribution < 1.29 is 4.79 Å². The van der Waals surface area contributed by atoms with Crippen molar-refractivity contribution in [1.29, 1.82) is 0 Å². The van der Waals surface area contributed by atoms with Crippen molar-refractivity contribution in [3.05, 3.63) is 0 Å². The lowest BCUT2D eigenvalue weighted by molar-refractivity contribution is -0.136. The largest absolute Gasteiger partial charge is 0.336 e. The second-order valence-electron chi connectivity index (χ2n) is 4.85. The van der Waals surface area contributed by atoms with Gasteiger partial charge in [0.25, 0.3) is 0 Å². The summed E-state index contributed by atoms with van der Waals surface area (Å²) in [6.07, 6.45) is 3.42. The average Bonchev–Trinajstić information content (AvgIpc) is 2.99. The molecule has 4 heteroatoms. The summed E-state index contributed by atoms with van der Waals surface area (Å²) in [7, 11) is 2.00. The molecule has 2 aliphatic rings. The normalized spacial score (nSPS) is 34.3. The van der Waals surface area contributed by atoms with Crippen LogP contribution >= 0.6 is 0 Å². The summed E-state index contributed by atoms with van der Waals surface area (Å²) < 4.78 is 0. The van der Waals surface area contributed by atoms with Gasteiger partial charge in [-0.05, 0) is 33.2 Å². The third-order valence-electron chi connectivity index (χ3n) is 3.61. The number of carbonyl (C=O) groups is 1. The van der Waals surface area contributed by atoms with Crippen LogP contribution in [0, 0.1) is 0 Å². The van der Waals surface area contributed by atoms with Crippen LogP contribution in [-0.2, 0) is 4.79 Å². The van der Waals surface area contributed by atoms with Gasteiger partial charge in [0.15, 0.2) is 0 Å². The van der Waals surface area contributed by atoms with E-state index < -0.39 is 0 Å². The zero-order chi connectivity index (χ0) is 11.0. The maximum absolute atomic E-state index is 12.3. The molecule has 0 aromatic rings. The Morgan fingerprint density at radius 1 is 1.40 bits per heavy atom. The molecule has 2 atom stereocenters. The van der Waals surface area contributed by atoms with Gasteiger partial charge < -0.3 is 10.6 Å². The standard InChI is InChI=1S/C11H21N3O/c1-8-5-6-13(2)10(7-12)11(15)14(8)9-3-4-9/h8-10H,3-7,12H2,1-2H3. The van der Waals surface area contributed by atoms with Gasteiger partial charge in [-0.1, -0.05) is 0 Å². The van der Waals surface area contributed by atoms with Crippen molar-refractivity contribution in [2.45, 2.75) is 44.3 Å². The minimum absolute atomic E-state index is 0.101. The summed E-state index contributed by atoms with van der Waals surface area (Å²) in [6.45, 7) is 3.56. The molecule has 1 heterocycles. The van der Waals surface area contributed by atoms with Crippen LogP contribution in [0.3, 0.4) is 0 Å². The van der Waals surface area contributed by atoms with E-state index in [4.69, 9.17) is 5.73 Å². The number of likely N-dealkylation sites (N-methyl/N-ethyl adjacent to an activating group) is 1. The maximum atomic E-state index is 12.3. The summed E-state index contributed by atoms with van der Waals surface area (Å²) >= 11 is 0. The van der Waals surface area contributed by atoms with E-state index in [0.717, 1.165) is 13.0 Å². The third kappa shape index (κ3) is 2.01. The monoisotopic (exact) mass is 211 g/mol. The Hall–Kier alpha value is -0.610. The number of amides is 1. The van der Waals surface area contributed by atoms with Crippen molar-refractivity contribution in [2.24, 2.45) is 5.73 Å². The first-order chi connectivity index (χ1) is 7.15. The Morgan fingerprint density at radius 3 is 2.60 bits per heavy atom. The highest BCUT2D eigenvalue weighted by Gasteiger charge is 2.41. The van der Waals surface area contributed by atoms with Crippen LogP contribution in [0.25, 0.3) is 0 Å². The molecule has 0 spiro atoms. The zero-order valence-corrected chi connectivity index (χ0v) is 9.65. The van der Waals surface area contributed by atoms with Gasteiger partial charge in [-0.2, -0.15) is 0 Å². The van der Waals surface area contributed by atoms with Gasteiger partial charge in [-0.25, -0.2) is 0 Å². The smallest absolute Gasteiger partial charge is 0.241 e. The molecular weight excluding hydrogens is 190 g/mol. The molecule has 1 amide bonds. The lowest BCUT2D eigenvalue weighted by atomic mass is 10.2. The zero-order valence-electron chi connectivity index (χ0n) is 9.65. The number of nitrogens with two attached hydrogens (primary N) is 1. The fraction of sp³-hybridized carbons (Fsp3) is 0.909. The highest BCUT2D eigenvalue weighted by atomic mass is 16.2. The first-order valence-corrected chi connectivity index (χ1v) is 5.87. The van der Waals surface area contributed by atoms with Gasteiger partial charge in [0.05, 0.1) is 0 Å². The van der Waals surface area contributed by atoms with Crippen LogP contribution in [0.15, 0.2) is 0 Å². The lowest BCUT2D eigenvalue weighted by Gasteiger charge is -2.30. The topological polar surface area (TPSA) is 49.6 Å². The van der Waals surface area contributed by atoms with Gasteiger partial charge in [-0.3, -0.25) is 9.69 Å². The van der Waals surface area contributed by atoms with E-state index in [2.05, 4.69) is 16.7 Å². The number of hydrogen-bond acceptors (Lipinski definition) is 3. The van der Waals surface area contributed by atoms with Gasteiger partial charge >= 0.3 is 0 Å². The Morgan fingerprint density at radius 2 is 2.07 bits per heavy atom. The molecule has 0 aromatic heterocycles. The highest BCUT2D eigenvalue weighted by Crippen LogP contribution is 2.31. The van der Waals surface area contributed by atoms with E-state index in [1.807, 2.05) is 7.05 Å². The van der Waals surface area contributed by atoms with Crippen molar-refractivity contribution in [2.75, 3.05) is 20.1 Å². The Balaban J connectivity index is 2.17. The number of carbonyl (C=O) groups excluding carboxylic acids is 1. The molecule has 4 nitrogen and oxygen atoms in total. The summed E-state index contributed by atoms with van der Waals surface area (Å²) in [5.41, 5.74) is 5.69. The number of nitrogens with zero attached hydrogens (tertiary/aromatic N) is 2. The van der Waals surface area contributed by atoms with Crippen LogP contribution in [0.1, 0.15) is 26.2 Å². The summed E-state index contributed by atoms with van der Waals surface area (Å²) in [6, 6.07) is 0.785. The fourth-order valence-electron chi connectivity index (χ4n) is 2.44. The van der Waals surface area contributed by atoms with E-state index in [-0.39, 0.29) is 11.9 Å². The molecule has 2 rings (SSSR count). The first-order valence-electron chi connectivity index (χ1n) is 5.87. The van der Waals surface area contributed by atoms with Crippen LogP contribution in [-0.4, -0.2) is 54.0 Å². The molecule has 1 saturated heterocycles. The Labute approximate surface area is 91.4 Å². The van der Waals surface area contributed by atoms with E-state index >= 15 is 0 Å². The van der Waals surface area contributed by atoms with Crippen molar-refractivity contribution in [3.8, 4) is 0 Å². The third-order valence-corrected chi connectivity index (χ3v) is 3.61. The van der Waals surface area contributed by atoms with Crippen LogP contribution in [0.2, 0.25) is 0 Å². The number of rotatable bonds is 2. The van der Waals surface area contributed by atoms with E-state index in [1.54, 1.807) is 0 Å². The molecule has 0 radical (unpaired) electrons. The van der Waals surface area contributed by atoms with Gasteiger partial charge in [0.2, 0.25) is 5.91 Å². The Kier molecular flexibility index (Phi) is 2.98. The van der Waals surface area contributed by atoms with Crippen molar-refractivity contribution in [3.63, 3.8) is 0 Å².